The lowest BCUT2D eigenvalue weighted by atomic mass is 9.94. The number of ether oxygens (including phenoxy) is 2. The molecule has 2 aromatic heterocycles. The molecular weight excluding hydrogens is 508 g/mol. The fourth-order valence-electron chi connectivity index (χ4n) is 3.88. The molecule has 0 saturated carbocycles. The van der Waals surface area contributed by atoms with Gasteiger partial charge in [-0.1, -0.05) is 0 Å². The van der Waals surface area contributed by atoms with Crippen LogP contribution >= 0.6 is 0 Å². The van der Waals surface area contributed by atoms with E-state index in [2.05, 4.69) is 20.6 Å². The maximum absolute atomic E-state index is 14.1. The number of allylic oxidation sites excluding steroid dienone is 2. The molecule has 10 nitrogen and oxygen atoms in total. The van der Waals surface area contributed by atoms with Gasteiger partial charge in [0.25, 0.3) is 0 Å². The van der Waals surface area contributed by atoms with Crippen molar-refractivity contribution in [2.45, 2.75) is 0 Å². The molecule has 0 spiro atoms. The summed E-state index contributed by atoms with van der Waals surface area (Å²) in [6, 6.07) is 9.84. The van der Waals surface area contributed by atoms with Crippen LogP contribution in [-0.2, 0) is 0 Å². The molecule has 0 aliphatic carbocycles. The van der Waals surface area contributed by atoms with Crippen molar-refractivity contribution in [2.75, 3.05) is 10.6 Å². The highest BCUT2D eigenvalue weighted by Crippen LogP contribution is 2.60. The predicted octanol–water partition coefficient (Wildman–Crippen LogP) is 4.49. The van der Waals surface area contributed by atoms with Crippen molar-refractivity contribution in [1.82, 2.24) is 9.97 Å². The van der Waals surface area contributed by atoms with E-state index < -0.39 is 34.9 Å². The average molecular weight is 514 g/mol. The molecule has 0 bridgehead atoms. The van der Waals surface area contributed by atoms with E-state index in [0.29, 0.717) is 0 Å². The Morgan fingerprint density at radius 3 is 1.21 bits per heavy atom. The van der Waals surface area contributed by atoms with E-state index in [0.717, 1.165) is 24.3 Å². The number of aromatic nitrogens is 2. The second kappa shape index (κ2) is 8.83. The van der Waals surface area contributed by atoms with Gasteiger partial charge in [0.2, 0.25) is 35.6 Å². The quantitative estimate of drug-likeness (QED) is 0.283. The number of hydrogen-bond acceptors (Lipinski definition) is 10. The molecule has 2 N–H and O–H groups in total. The van der Waals surface area contributed by atoms with Crippen LogP contribution < -0.4 is 20.1 Å². The topological polar surface area (TPSA) is 163 Å². The fourth-order valence-corrected chi connectivity index (χ4v) is 3.88. The van der Waals surface area contributed by atoms with E-state index in [1.54, 1.807) is 24.3 Å². The Morgan fingerprint density at radius 1 is 0.605 bits per heavy atom. The molecule has 0 fully saturated rings. The van der Waals surface area contributed by atoms with Crippen molar-refractivity contribution in [3.05, 3.63) is 71.0 Å². The van der Waals surface area contributed by atoms with Crippen LogP contribution in [0.4, 0.5) is 28.9 Å². The molecule has 0 amide bonds. The number of nitrogens with zero attached hydrogens (tertiary/aromatic N) is 6. The Bertz CT molecular complexity index is 1580. The second-order valence-corrected chi connectivity index (χ2v) is 7.47. The monoisotopic (exact) mass is 514 g/mol. The number of fused-ring (bicyclic) bond motifs is 2. The number of pyridine rings is 2. The molecule has 182 valence electrons. The summed E-state index contributed by atoms with van der Waals surface area (Å²) in [7, 11) is 0. The zero-order valence-corrected chi connectivity index (χ0v) is 18.3. The van der Waals surface area contributed by atoms with Crippen LogP contribution in [0.2, 0.25) is 0 Å². The zero-order chi connectivity index (χ0) is 27.1. The molecule has 2 aliphatic rings. The van der Waals surface area contributed by atoms with Gasteiger partial charge in [0.1, 0.15) is 24.3 Å². The Hall–Kier alpha value is -6.12. The molecular formula is C24H6F4N8O2. The van der Waals surface area contributed by atoms with Gasteiger partial charge in [0, 0.05) is 24.3 Å². The van der Waals surface area contributed by atoms with E-state index in [1.807, 2.05) is 0 Å². The van der Waals surface area contributed by atoms with Crippen LogP contribution in [0.1, 0.15) is 0 Å². The number of hydrogen-bond donors (Lipinski definition) is 2. The fraction of sp³-hybridized carbons (Fsp3) is 0. The second-order valence-electron chi connectivity index (χ2n) is 7.47. The Balaban J connectivity index is 1.94. The van der Waals surface area contributed by atoms with Gasteiger partial charge in [0.15, 0.2) is 22.6 Å². The summed E-state index contributed by atoms with van der Waals surface area (Å²) in [6.07, 6.45) is 0. The highest BCUT2D eigenvalue weighted by molar-refractivity contribution is 6.05. The molecule has 0 atom stereocenters. The maximum Gasteiger partial charge on any atom is 0.226 e. The van der Waals surface area contributed by atoms with Crippen molar-refractivity contribution < 1.29 is 27.0 Å². The van der Waals surface area contributed by atoms with Crippen LogP contribution in [-0.4, -0.2) is 9.97 Å². The van der Waals surface area contributed by atoms with Crippen LogP contribution in [0.3, 0.4) is 0 Å². The minimum Gasteiger partial charge on any atom is -0.436 e. The summed E-state index contributed by atoms with van der Waals surface area (Å²) in [5, 5.41) is 42.7. The minimum atomic E-state index is -1.22. The molecule has 1 aromatic carbocycles. The van der Waals surface area contributed by atoms with Crippen molar-refractivity contribution >= 4 is 11.4 Å². The summed E-state index contributed by atoms with van der Waals surface area (Å²) in [6.45, 7) is 0. The van der Waals surface area contributed by atoms with Gasteiger partial charge in [0.05, 0.1) is 22.5 Å². The Kier molecular flexibility index (Phi) is 5.49. The molecule has 38 heavy (non-hydrogen) atoms. The molecule has 5 rings (SSSR count). The van der Waals surface area contributed by atoms with E-state index >= 15 is 0 Å². The Labute approximate surface area is 209 Å². The van der Waals surface area contributed by atoms with Gasteiger partial charge < -0.3 is 20.1 Å². The summed E-state index contributed by atoms with van der Waals surface area (Å²) >= 11 is 0. The minimum absolute atomic E-state index is 0.113. The number of anilines is 2. The van der Waals surface area contributed by atoms with Gasteiger partial charge in [-0.3, -0.25) is 0 Å². The highest BCUT2D eigenvalue weighted by atomic mass is 19.1. The highest BCUT2D eigenvalue weighted by Gasteiger charge is 2.38. The van der Waals surface area contributed by atoms with Gasteiger partial charge in [-0.15, -0.1) is 0 Å². The summed E-state index contributed by atoms with van der Waals surface area (Å²) in [5.41, 5.74) is -1.85. The predicted molar refractivity (Wildman–Crippen MR) is 118 cm³/mol. The maximum atomic E-state index is 14.1. The van der Waals surface area contributed by atoms with E-state index in [1.165, 1.54) is 0 Å². The third-order valence-electron chi connectivity index (χ3n) is 5.30. The normalized spacial score (nSPS) is 12.3. The van der Waals surface area contributed by atoms with E-state index in [-0.39, 0.29) is 56.9 Å². The van der Waals surface area contributed by atoms with Crippen molar-refractivity contribution in [1.29, 1.82) is 21.0 Å². The average Bonchev–Trinajstić information content (AvgIpc) is 3.47. The lowest BCUT2D eigenvalue weighted by molar-refractivity contribution is 0.452. The zero-order valence-electron chi connectivity index (χ0n) is 18.3. The molecule has 0 radical (unpaired) electrons. The first kappa shape index (κ1) is 23.6. The first-order chi connectivity index (χ1) is 18.3. The third kappa shape index (κ3) is 3.72. The summed E-state index contributed by atoms with van der Waals surface area (Å²) in [4.78, 5) is 6.10. The SMILES string of the molecule is N#CC(C#N)=C1Nc2c(c(-c3cc(F)nc(F)c3)c3c(c2-c2cc(F)nc(F)c2)OC(=C(C#N)C#N)N3)O1. The first-order valence-corrected chi connectivity index (χ1v) is 10.2. The standard InChI is InChI=1S/C24H6F4N8O2/c25-13-1-9(2-14(26)33-13)17-19-22(38-23(35-19)11(5-29)6-30)18(10-3-15(27)34-16(28)4-10)20-21(17)37-24(36-20)12(7-31)8-32/h1-4,35-36H. The largest absolute Gasteiger partial charge is 0.436 e. The summed E-state index contributed by atoms with van der Waals surface area (Å²) < 4.78 is 68.0. The summed E-state index contributed by atoms with van der Waals surface area (Å²) in [5.74, 6) is -6.09. The number of nitriles is 4. The third-order valence-corrected chi connectivity index (χ3v) is 5.30. The number of nitrogens with one attached hydrogen (secondary N) is 2. The Morgan fingerprint density at radius 2 is 0.921 bits per heavy atom. The van der Waals surface area contributed by atoms with Crippen molar-refractivity contribution in [3.63, 3.8) is 0 Å². The van der Waals surface area contributed by atoms with Gasteiger partial charge in [-0.25, -0.2) is 0 Å². The number of halogens is 4. The van der Waals surface area contributed by atoms with Crippen LogP contribution in [0.15, 0.2) is 47.2 Å². The number of benzene rings is 1. The molecule has 2 aliphatic heterocycles. The molecule has 4 heterocycles. The van der Waals surface area contributed by atoms with E-state index in [4.69, 9.17) is 9.47 Å². The lowest BCUT2D eigenvalue weighted by Gasteiger charge is -2.16. The van der Waals surface area contributed by atoms with Gasteiger partial charge in [-0.2, -0.15) is 48.6 Å². The van der Waals surface area contributed by atoms with Crippen molar-refractivity contribution in [3.8, 4) is 58.0 Å². The molecule has 3 aromatic rings. The molecule has 14 heteroatoms. The van der Waals surface area contributed by atoms with Gasteiger partial charge >= 0.3 is 0 Å². The van der Waals surface area contributed by atoms with Crippen LogP contribution in [0.5, 0.6) is 11.5 Å². The van der Waals surface area contributed by atoms with Crippen molar-refractivity contribution in [2.24, 2.45) is 0 Å². The van der Waals surface area contributed by atoms with Crippen LogP contribution in [0, 0.1) is 69.1 Å². The first-order valence-electron chi connectivity index (χ1n) is 10.2. The number of rotatable bonds is 2. The molecule has 0 unspecified atom stereocenters. The lowest BCUT2D eigenvalue weighted by Crippen LogP contribution is -2.03. The molecule has 0 saturated heterocycles. The van der Waals surface area contributed by atoms with Crippen LogP contribution in [0.25, 0.3) is 22.3 Å². The van der Waals surface area contributed by atoms with Gasteiger partial charge in [-0.05, 0) is 11.1 Å². The smallest absolute Gasteiger partial charge is 0.226 e. The van der Waals surface area contributed by atoms with E-state index in [9.17, 15) is 38.6 Å².